The number of aryl methyl sites for hydroxylation is 3. The molecule has 0 fully saturated rings. The lowest BCUT2D eigenvalue weighted by molar-refractivity contribution is -0.735. The van der Waals surface area contributed by atoms with Crippen LogP contribution in [0.1, 0.15) is 11.1 Å². The highest BCUT2D eigenvalue weighted by atomic mass is 32.1. The summed E-state index contributed by atoms with van der Waals surface area (Å²) in [6, 6.07) is 46.4. The average molecular weight is 627 g/mol. The summed E-state index contributed by atoms with van der Waals surface area (Å²) in [5, 5.41) is 6.42. The number of pyridine rings is 2. The summed E-state index contributed by atoms with van der Waals surface area (Å²) < 4.78 is 9.59. The van der Waals surface area contributed by atoms with Gasteiger partial charge in [-0.15, -0.1) is 20.5 Å². The second-order valence-corrected chi connectivity index (χ2v) is 13.5. The average Bonchev–Trinajstić information content (AvgIpc) is 3.68. The molecule has 0 aliphatic carbocycles. The SMILES string of the molecule is Cc1ccc2c(sc3ccccc32)c1-c1cccc(N(c2ccccc2)c2ccc3c4ccccc4c4cc[n+](C)n4c3c2C)[n+]1C. The largest absolute Gasteiger partial charge is 0.287 e. The molecular weight excluding hydrogens is 593 g/mol. The topological polar surface area (TPSA) is 15.4 Å². The molecule has 0 amide bonds. The van der Waals surface area contributed by atoms with Gasteiger partial charge in [0.05, 0.1) is 7.05 Å². The first-order valence-corrected chi connectivity index (χ1v) is 16.9. The lowest BCUT2D eigenvalue weighted by atomic mass is 10.00. The zero-order chi connectivity index (χ0) is 31.8. The van der Waals surface area contributed by atoms with Crippen LogP contribution >= 0.6 is 11.3 Å². The van der Waals surface area contributed by atoms with Crippen LogP contribution in [0.3, 0.4) is 0 Å². The van der Waals surface area contributed by atoms with Gasteiger partial charge in [-0.25, -0.2) is 4.57 Å². The third kappa shape index (κ3) is 4.06. The fourth-order valence-corrected chi connectivity index (χ4v) is 8.87. The van der Waals surface area contributed by atoms with E-state index in [2.05, 4.69) is 180 Å². The summed E-state index contributed by atoms with van der Waals surface area (Å²) in [6.45, 7) is 4.51. The van der Waals surface area contributed by atoms with Crippen molar-refractivity contribution in [1.82, 2.24) is 4.52 Å². The smallest absolute Gasteiger partial charge is 0.229 e. The number of nitrogens with zero attached hydrogens (tertiary/aromatic N) is 4. The van der Waals surface area contributed by atoms with Crippen molar-refractivity contribution in [3.8, 4) is 11.3 Å². The molecule has 0 atom stereocenters. The lowest BCUT2D eigenvalue weighted by Gasteiger charge is -2.22. The summed E-state index contributed by atoms with van der Waals surface area (Å²) in [5.74, 6) is 1.10. The van der Waals surface area contributed by atoms with Crippen LogP contribution in [-0.4, -0.2) is 4.52 Å². The molecule has 9 aromatic rings. The molecule has 47 heavy (non-hydrogen) atoms. The molecule has 4 aromatic heterocycles. The third-order valence-electron chi connectivity index (χ3n) is 9.80. The Balaban J connectivity index is 1.33. The lowest BCUT2D eigenvalue weighted by Crippen LogP contribution is -2.38. The molecule has 226 valence electrons. The quantitative estimate of drug-likeness (QED) is 0.140. The van der Waals surface area contributed by atoms with Crippen molar-refractivity contribution in [1.29, 1.82) is 0 Å². The Morgan fingerprint density at radius 1 is 0.617 bits per heavy atom. The molecule has 4 nitrogen and oxygen atoms in total. The van der Waals surface area contributed by atoms with Gasteiger partial charge in [-0.2, -0.15) is 4.90 Å². The van der Waals surface area contributed by atoms with Crippen LogP contribution in [0.5, 0.6) is 0 Å². The minimum atomic E-state index is 1.10. The molecular formula is C42H34N4S+2. The summed E-state index contributed by atoms with van der Waals surface area (Å²) in [7, 11) is 4.34. The highest BCUT2D eigenvalue weighted by Gasteiger charge is 2.30. The minimum absolute atomic E-state index is 1.10. The van der Waals surface area contributed by atoms with Gasteiger partial charge in [0.25, 0.3) is 5.82 Å². The van der Waals surface area contributed by atoms with E-state index in [-0.39, 0.29) is 0 Å². The summed E-state index contributed by atoms with van der Waals surface area (Å²) >= 11 is 1.89. The maximum absolute atomic E-state index is 2.42. The van der Waals surface area contributed by atoms with Gasteiger partial charge in [0.2, 0.25) is 0 Å². The Hall–Kier alpha value is -5.52. The molecule has 5 heteroatoms. The van der Waals surface area contributed by atoms with E-state index in [0.717, 1.165) is 17.2 Å². The van der Waals surface area contributed by atoms with Gasteiger partial charge in [-0.3, -0.25) is 0 Å². The zero-order valence-electron chi connectivity index (χ0n) is 26.9. The highest BCUT2D eigenvalue weighted by Crippen LogP contribution is 2.43. The van der Waals surface area contributed by atoms with Crippen LogP contribution in [0.25, 0.3) is 58.6 Å². The highest BCUT2D eigenvalue weighted by molar-refractivity contribution is 7.26. The maximum Gasteiger partial charge on any atom is 0.287 e. The van der Waals surface area contributed by atoms with E-state index in [1.165, 1.54) is 69.7 Å². The van der Waals surface area contributed by atoms with Gasteiger partial charge >= 0.3 is 0 Å². The van der Waals surface area contributed by atoms with E-state index < -0.39 is 0 Å². The first-order valence-electron chi connectivity index (χ1n) is 16.1. The first-order chi connectivity index (χ1) is 23.0. The van der Waals surface area contributed by atoms with Crippen molar-refractivity contribution in [2.45, 2.75) is 13.8 Å². The van der Waals surface area contributed by atoms with Gasteiger partial charge in [-0.1, -0.05) is 72.8 Å². The third-order valence-corrected chi connectivity index (χ3v) is 11.0. The van der Waals surface area contributed by atoms with Crippen LogP contribution in [-0.2, 0) is 14.1 Å². The van der Waals surface area contributed by atoms with Crippen LogP contribution in [0.15, 0.2) is 134 Å². The summed E-state index contributed by atoms with van der Waals surface area (Å²) in [5.41, 5.74) is 9.69. The number of hydrogen-bond donors (Lipinski definition) is 0. The molecule has 0 unspecified atom stereocenters. The Bertz CT molecular complexity index is 2680. The predicted octanol–water partition coefficient (Wildman–Crippen LogP) is 10.0. The number of hydrogen-bond acceptors (Lipinski definition) is 2. The molecule has 9 rings (SSSR count). The second-order valence-electron chi connectivity index (χ2n) is 12.5. The molecule has 0 radical (unpaired) electrons. The Kier molecular flexibility index (Phi) is 6.21. The summed E-state index contributed by atoms with van der Waals surface area (Å²) in [6.07, 6.45) is 2.16. The van der Waals surface area contributed by atoms with Crippen molar-refractivity contribution >= 4 is 75.9 Å². The number of para-hydroxylation sites is 1. The molecule has 0 saturated heterocycles. The monoisotopic (exact) mass is 626 g/mol. The Labute approximate surface area is 277 Å². The number of thiophene rings is 1. The van der Waals surface area contributed by atoms with Crippen molar-refractivity contribution < 1.29 is 9.25 Å². The van der Waals surface area contributed by atoms with E-state index in [4.69, 9.17) is 0 Å². The zero-order valence-corrected chi connectivity index (χ0v) is 27.7. The molecule has 0 bridgehead atoms. The van der Waals surface area contributed by atoms with Gasteiger partial charge in [-0.05, 0) is 67.3 Å². The number of benzene rings is 5. The maximum atomic E-state index is 2.42. The number of anilines is 3. The van der Waals surface area contributed by atoms with Gasteiger partial charge in [0.15, 0.2) is 13.2 Å². The van der Waals surface area contributed by atoms with Crippen LogP contribution in [0.2, 0.25) is 0 Å². The normalized spacial score (nSPS) is 11.8. The standard InChI is InChI=1S/C42H34N4S/c1-27-21-22-34-32-17-10-11-19-38(32)47-42(34)40(27)37-18-12-20-39(44(37)4)45(29-13-6-5-7-14-29)35-24-23-33-30-15-8-9-16-31(30)36-25-26-43(3)46(36)41(33)28(35)2/h5-26H,1-4H3/q+2. The van der Waals surface area contributed by atoms with E-state index in [9.17, 15) is 0 Å². The Morgan fingerprint density at radius 2 is 1.34 bits per heavy atom. The molecule has 5 aromatic carbocycles. The summed E-state index contributed by atoms with van der Waals surface area (Å²) in [4.78, 5) is 2.42. The van der Waals surface area contributed by atoms with Crippen molar-refractivity contribution in [2.24, 2.45) is 14.1 Å². The van der Waals surface area contributed by atoms with E-state index in [0.29, 0.717) is 0 Å². The fraction of sp³-hybridized carbons (Fsp3) is 0.0952. The number of aromatic nitrogens is 3. The van der Waals surface area contributed by atoms with E-state index in [1.807, 2.05) is 11.3 Å². The second kappa shape index (κ2) is 10.5. The minimum Gasteiger partial charge on any atom is -0.229 e. The van der Waals surface area contributed by atoms with E-state index >= 15 is 0 Å². The molecule has 0 aliphatic rings. The van der Waals surface area contributed by atoms with Crippen LogP contribution in [0.4, 0.5) is 17.2 Å². The van der Waals surface area contributed by atoms with Gasteiger partial charge < -0.3 is 0 Å². The molecule has 0 spiro atoms. The Morgan fingerprint density at radius 3 is 2.17 bits per heavy atom. The van der Waals surface area contributed by atoms with Crippen molar-refractivity contribution in [3.63, 3.8) is 0 Å². The predicted molar refractivity (Wildman–Crippen MR) is 197 cm³/mol. The molecule has 4 heterocycles. The van der Waals surface area contributed by atoms with Crippen molar-refractivity contribution in [3.05, 3.63) is 145 Å². The van der Waals surface area contributed by atoms with Crippen LogP contribution in [0, 0.1) is 13.8 Å². The van der Waals surface area contributed by atoms with Crippen LogP contribution < -0.4 is 14.1 Å². The van der Waals surface area contributed by atoms with Gasteiger partial charge in [0, 0.05) is 54.2 Å². The molecule has 0 saturated carbocycles. The fourth-order valence-electron chi connectivity index (χ4n) is 7.56. The molecule has 0 N–H and O–H groups in total. The van der Waals surface area contributed by atoms with Gasteiger partial charge in [0.1, 0.15) is 28.1 Å². The number of fused-ring (bicyclic) bond motifs is 9. The van der Waals surface area contributed by atoms with Crippen molar-refractivity contribution in [2.75, 3.05) is 4.90 Å². The molecule has 0 aliphatic heterocycles. The first kappa shape index (κ1) is 27.8. The number of rotatable bonds is 4. The van der Waals surface area contributed by atoms with E-state index in [1.54, 1.807) is 0 Å².